The van der Waals surface area contributed by atoms with Gasteiger partial charge in [0.1, 0.15) is 33.8 Å². The molecule has 0 heterocycles. The molecule has 1 N–H and O–H groups in total. The molecule has 0 radical (unpaired) electrons. The summed E-state index contributed by atoms with van der Waals surface area (Å²) < 4.78 is 37.4. The van der Waals surface area contributed by atoms with Gasteiger partial charge >= 0.3 is 103 Å². The molecule has 1 amide bonds. The van der Waals surface area contributed by atoms with E-state index in [1.54, 1.807) is 35.2 Å². The van der Waals surface area contributed by atoms with E-state index in [1.807, 2.05) is 6.92 Å². The molecule has 2 aromatic rings. The van der Waals surface area contributed by atoms with Crippen molar-refractivity contribution in [1.29, 1.82) is 5.26 Å². The molecule has 2 rings (SSSR count). The molecule has 0 aliphatic rings. The quantitative estimate of drug-likeness (QED) is 0.0326. The van der Waals surface area contributed by atoms with Crippen LogP contribution in [0, 0.1) is 22.6 Å². The summed E-state index contributed by atoms with van der Waals surface area (Å²) >= 11 is 0.534. The number of nitriles is 1. The van der Waals surface area contributed by atoms with Gasteiger partial charge in [0.05, 0.1) is 4.90 Å². The maximum atomic E-state index is 12.4. The standard InChI is InChI=1S/C20H17N3O7S2.2K/c1-2-23(10-11-31-30-29-25)18-8-6-15(7-9-18)12-16(14-21)20(24)22-17-4-3-5-19(13-17)32(26,27)28;;/h3-9,12-13,25H,2H2,1H3,(H,22,24)(H,26,27,28);;/q;2*+1/p-2. The minimum absolute atomic E-state index is 0. The van der Waals surface area contributed by atoms with Crippen LogP contribution in [0.2, 0.25) is 0 Å². The van der Waals surface area contributed by atoms with Crippen LogP contribution in [0.1, 0.15) is 12.5 Å². The minimum Gasteiger partial charge on any atom is -0.744 e. The largest absolute Gasteiger partial charge is 1.00 e. The Hall–Kier alpha value is -0.0873. The second-order valence-corrected chi connectivity index (χ2v) is 7.76. The van der Waals surface area contributed by atoms with E-state index in [0.717, 1.165) is 17.8 Å². The van der Waals surface area contributed by atoms with Gasteiger partial charge in [-0.25, -0.2) is 8.42 Å². The molecule has 0 aliphatic heterocycles. The van der Waals surface area contributed by atoms with Gasteiger partial charge in [-0.3, -0.25) is 9.83 Å². The zero-order valence-corrected chi connectivity index (χ0v) is 26.4. The zero-order valence-electron chi connectivity index (χ0n) is 18.5. The Bertz CT molecular complexity index is 1210. The van der Waals surface area contributed by atoms with E-state index in [4.69, 9.17) is 0 Å². The topological polar surface area (TPSA) is 155 Å². The van der Waals surface area contributed by atoms with Crippen LogP contribution in [-0.4, -0.2) is 25.4 Å². The van der Waals surface area contributed by atoms with Crippen molar-refractivity contribution in [2.75, 3.05) is 16.8 Å². The fourth-order valence-corrected chi connectivity index (χ4v) is 3.15. The average molecular weight is 552 g/mol. The summed E-state index contributed by atoms with van der Waals surface area (Å²) in [6.45, 7) is 2.40. The van der Waals surface area contributed by atoms with Gasteiger partial charge in [0.25, 0.3) is 5.91 Å². The minimum atomic E-state index is -4.68. The Labute approximate surface area is 286 Å². The third-order valence-electron chi connectivity index (χ3n) is 3.86. The summed E-state index contributed by atoms with van der Waals surface area (Å²) in [4.78, 5) is 13.6. The number of hydrogen-bond acceptors (Lipinski definition) is 10. The van der Waals surface area contributed by atoms with Crippen molar-refractivity contribution in [1.82, 2.24) is 0 Å². The van der Waals surface area contributed by atoms with Gasteiger partial charge in [0, 0.05) is 29.2 Å². The number of nitrogens with one attached hydrogen (secondary N) is 1. The maximum absolute atomic E-state index is 12.4. The first-order valence-electron chi connectivity index (χ1n) is 8.78. The molecule has 0 atom stereocenters. The van der Waals surface area contributed by atoms with Gasteiger partial charge < -0.3 is 20.0 Å². The van der Waals surface area contributed by atoms with Crippen LogP contribution >= 0.6 is 12.0 Å². The third kappa shape index (κ3) is 11.3. The fraction of sp³-hybridized carbons (Fsp3) is 0.100. The van der Waals surface area contributed by atoms with Crippen LogP contribution in [0.4, 0.5) is 11.4 Å². The van der Waals surface area contributed by atoms with Crippen LogP contribution in [0.3, 0.4) is 0 Å². The molecule has 0 aliphatic carbocycles. The number of rotatable bonds is 8. The summed E-state index contributed by atoms with van der Waals surface area (Å²) in [5, 5.41) is 27.2. The fourth-order valence-electron chi connectivity index (χ4n) is 2.42. The van der Waals surface area contributed by atoms with E-state index in [-0.39, 0.29) is 114 Å². The first-order valence-corrected chi connectivity index (χ1v) is 10.9. The predicted octanol–water partition coefficient (Wildman–Crippen LogP) is -4.24. The summed E-state index contributed by atoms with van der Waals surface area (Å²) in [5.41, 5.74) is 1.11. The van der Waals surface area contributed by atoms with Gasteiger partial charge in [0.15, 0.2) is 0 Å². The number of carbonyl (C=O) groups excluding carboxylic acids is 1. The smallest absolute Gasteiger partial charge is 0.744 e. The normalized spacial score (nSPS) is 10.5. The number of amides is 1. The van der Waals surface area contributed by atoms with Crippen molar-refractivity contribution < 1.29 is 135 Å². The Balaban J connectivity index is 0.00000544. The van der Waals surface area contributed by atoms with Crippen LogP contribution in [0.5, 0.6) is 0 Å². The Kier molecular flexibility index (Phi) is 17.3. The third-order valence-corrected chi connectivity index (χ3v) is 4.99. The molecule has 0 bridgehead atoms. The van der Waals surface area contributed by atoms with Crippen molar-refractivity contribution in [3.63, 3.8) is 0 Å². The molecule has 2 aromatic carbocycles. The Morgan fingerprint density at radius 2 is 1.91 bits per heavy atom. The van der Waals surface area contributed by atoms with Gasteiger partial charge in [0.2, 0.25) is 0 Å². The summed E-state index contributed by atoms with van der Waals surface area (Å²) in [6, 6.07) is 16.1. The molecule has 166 valence electrons. The summed E-state index contributed by atoms with van der Waals surface area (Å²) in [5.74, 6) is -0.768. The van der Waals surface area contributed by atoms with Crippen molar-refractivity contribution in [2.45, 2.75) is 11.8 Å². The van der Waals surface area contributed by atoms with Crippen LogP contribution in [0.15, 0.2) is 59.0 Å². The van der Waals surface area contributed by atoms with Gasteiger partial charge in [-0.2, -0.15) is 9.60 Å². The second-order valence-electron chi connectivity index (χ2n) is 5.87. The Morgan fingerprint density at radius 3 is 2.47 bits per heavy atom. The van der Waals surface area contributed by atoms with E-state index < -0.39 is 20.9 Å². The molecule has 0 fully saturated rings. The van der Waals surface area contributed by atoms with Crippen LogP contribution < -0.4 is 118 Å². The van der Waals surface area contributed by atoms with Crippen molar-refractivity contribution in [3.8, 4) is 17.4 Å². The molecule has 0 saturated carbocycles. The first kappa shape index (κ1) is 33.9. The molecule has 0 unspecified atom stereocenters. The van der Waals surface area contributed by atoms with E-state index in [0.29, 0.717) is 24.2 Å². The van der Waals surface area contributed by atoms with E-state index in [1.165, 1.54) is 18.2 Å². The number of carbonyl (C=O) groups is 1. The van der Waals surface area contributed by atoms with Crippen LogP contribution in [0.25, 0.3) is 6.08 Å². The van der Waals surface area contributed by atoms with Crippen molar-refractivity contribution in [2.24, 2.45) is 0 Å². The average Bonchev–Trinajstić information content (AvgIpc) is 2.77. The molecule has 0 saturated heterocycles. The molecule has 34 heavy (non-hydrogen) atoms. The van der Waals surface area contributed by atoms with Crippen molar-refractivity contribution in [3.05, 3.63) is 59.7 Å². The molecule has 0 aromatic heterocycles. The molecule has 14 heteroatoms. The summed E-state index contributed by atoms with van der Waals surface area (Å²) in [7, 11) is -4.68. The van der Waals surface area contributed by atoms with Gasteiger partial charge in [-0.05, 0) is 48.9 Å². The van der Waals surface area contributed by atoms with E-state index in [9.17, 15) is 28.3 Å². The van der Waals surface area contributed by atoms with Crippen molar-refractivity contribution >= 4 is 45.5 Å². The molecular formula is C20H15K2N3O7S2. The molecule has 10 nitrogen and oxygen atoms in total. The second kappa shape index (κ2) is 17.4. The van der Waals surface area contributed by atoms with Crippen LogP contribution in [-0.2, 0) is 24.3 Å². The number of anilines is 2. The number of benzene rings is 2. The van der Waals surface area contributed by atoms with Gasteiger partial charge in [-0.1, -0.05) is 18.2 Å². The Morgan fingerprint density at radius 1 is 1.24 bits per heavy atom. The SMILES string of the molecule is CCN(C#CSOO[O-])c1ccc(C=C(C#N)C(=O)Nc2cccc(S(=O)(=O)[O-])c2)cc1.[K+].[K+]. The summed E-state index contributed by atoms with van der Waals surface area (Å²) in [6.07, 6.45) is 1.35. The molecule has 0 spiro atoms. The van der Waals surface area contributed by atoms with E-state index >= 15 is 0 Å². The maximum Gasteiger partial charge on any atom is 1.00 e. The number of hydrogen-bond donors (Lipinski definition) is 1. The monoisotopic (exact) mass is 551 g/mol. The predicted molar refractivity (Wildman–Crippen MR) is 114 cm³/mol. The molecular weight excluding hydrogens is 537 g/mol. The van der Waals surface area contributed by atoms with E-state index in [2.05, 4.69) is 26.0 Å². The number of nitrogens with zero attached hydrogens (tertiary/aromatic N) is 2. The first-order chi connectivity index (χ1) is 15.3. The zero-order chi connectivity index (χ0) is 23.6. The van der Waals surface area contributed by atoms with Gasteiger partial charge in [-0.15, -0.1) is 0 Å².